The van der Waals surface area contributed by atoms with Gasteiger partial charge in [0.15, 0.2) is 0 Å². The van der Waals surface area contributed by atoms with Crippen molar-refractivity contribution in [3.63, 3.8) is 0 Å². The monoisotopic (exact) mass is 228 g/mol. The van der Waals surface area contributed by atoms with E-state index in [0.29, 0.717) is 6.54 Å². The Morgan fingerprint density at radius 2 is 2.53 bits per heavy atom. The number of nitrogens with zero attached hydrogens (tertiary/aromatic N) is 2. The summed E-state index contributed by atoms with van der Waals surface area (Å²) in [5.74, 6) is 4.96. The minimum absolute atomic E-state index is 0.157. The molecule has 0 aliphatic carbocycles. The first-order valence-corrected chi connectivity index (χ1v) is 5.71. The highest BCUT2D eigenvalue weighted by Crippen LogP contribution is 2.08. The van der Waals surface area contributed by atoms with E-state index in [9.17, 15) is 4.79 Å². The summed E-state index contributed by atoms with van der Waals surface area (Å²) in [5.41, 5.74) is 4.94. The van der Waals surface area contributed by atoms with Crippen molar-refractivity contribution in [1.29, 1.82) is 0 Å². The molecule has 1 rings (SSSR count). The summed E-state index contributed by atoms with van der Waals surface area (Å²) >= 11 is 1.55. The number of amides is 1. The summed E-state index contributed by atoms with van der Waals surface area (Å²) in [4.78, 5) is 17.5. The van der Waals surface area contributed by atoms with E-state index >= 15 is 0 Å². The first kappa shape index (κ1) is 12.1. The molecule has 0 bridgehead atoms. The van der Waals surface area contributed by atoms with Crippen molar-refractivity contribution in [3.8, 4) is 0 Å². The van der Waals surface area contributed by atoms with E-state index in [-0.39, 0.29) is 11.9 Å². The minimum Gasteiger partial charge on any atom is -0.293 e. The van der Waals surface area contributed by atoms with E-state index in [1.54, 1.807) is 16.8 Å². The number of hydrazine groups is 1. The van der Waals surface area contributed by atoms with Crippen LogP contribution in [-0.4, -0.2) is 28.9 Å². The van der Waals surface area contributed by atoms with E-state index < -0.39 is 0 Å². The molecule has 1 aromatic heterocycles. The molecule has 0 radical (unpaired) electrons. The van der Waals surface area contributed by atoms with Crippen LogP contribution in [0.4, 0.5) is 0 Å². The van der Waals surface area contributed by atoms with Crippen LogP contribution in [0, 0.1) is 0 Å². The van der Waals surface area contributed by atoms with Gasteiger partial charge in [-0.1, -0.05) is 6.92 Å². The Bertz CT molecular complexity index is 301. The fourth-order valence-electron chi connectivity index (χ4n) is 1.47. The lowest BCUT2D eigenvalue weighted by atomic mass is 10.2. The van der Waals surface area contributed by atoms with E-state index in [1.807, 2.05) is 24.3 Å². The average molecular weight is 228 g/mol. The van der Waals surface area contributed by atoms with Gasteiger partial charge in [-0.15, -0.1) is 11.3 Å². The largest absolute Gasteiger partial charge is 0.293 e. The standard InChI is InChI=1S/C9H16N4OS/c1-3-8(9(14)12-10)13(2)4-7-5-15-6-11-7/h5-6,8H,3-4,10H2,1-2H3,(H,12,14). The fourth-order valence-corrected chi connectivity index (χ4v) is 2.02. The van der Waals surface area contributed by atoms with Crippen LogP contribution in [0.5, 0.6) is 0 Å². The third-order valence-electron chi connectivity index (χ3n) is 2.26. The Balaban J connectivity index is 2.57. The van der Waals surface area contributed by atoms with Gasteiger partial charge in [-0.05, 0) is 13.5 Å². The highest BCUT2D eigenvalue weighted by Gasteiger charge is 2.20. The Morgan fingerprint density at radius 3 is 3.00 bits per heavy atom. The van der Waals surface area contributed by atoms with Gasteiger partial charge in [-0.3, -0.25) is 15.1 Å². The molecular weight excluding hydrogens is 212 g/mol. The molecule has 1 unspecified atom stereocenters. The van der Waals surface area contributed by atoms with Crippen molar-refractivity contribution in [1.82, 2.24) is 15.3 Å². The molecule has 84 valence electrons. The van der Waals surface area contributed by atoms with Crippen molar-refractivity contribution in [3.05, 3.63) is 16.6 Å². The second kappa shape index (κ2) is 5.79. The number of aromatic nitrogens is 1. The van der Waals surface area contributed by atoms with Crippen LogP contribution < -0.4 is 11.3 Å². The number of hydrogen-bond donors (Lipinski definition) is 2. The van der Waals surface area contributed by atoms with Crippen LogP contribution >= 0.6 is 11.3 Å². The lowest BCUT2D eigenvalue weighted by Crippen LogP contribution is -2.47. The van der Waals surface area contributed by atoms with Gasteiger partial charge in [0.05, 0.1) is 17.2 Å². The molecule has 0 saturated heterocycles. The third kappa shape index (κ3) is 3.26. The summed E-state index contributed by atoms with van der Waals surface area (Å²) in [5, 5.41) is 1.98. The Kier molecular flexibility index (Phi) is 4.67. The molecule has 5 nitrogen and oxygen atoms in total. The first-order chi connectivity index (χ1) is 7.19. The molecule has 0 aliphatic rings. The Hall–Kier alpha value is -0.980. The highest BCUT2D eigenvalue weighted by atomic mass is 32.1. The number of nitrogens with one attached hydrogen (secondary N) is 1. The predicted molar refractivity (Wildman–Crippen MR) is 60.0 cm³/mol. The number of carbonyl (C=O) groups excluding carboxylic acids is 1. The van der Waals surface area contributed by atoms with Crippen molar-refractivity contribution in [2.45, 2.75) is 25.9 Å². The summed E-state index contributed by atoms with van der Waals surface area (Å²) < 4.78 is 0. The molecule has 0 spiro atoms. The maximum atomic E-state index is 11.4. The maximum absolute atomic E-state index is 11.4. The molecule has 1 amide bonds. The van der Waals surface area contributed by atoms with E-state index in [1.165, 1.54) is 0 Å². The second-order valence-corrected chi connectivity index (χ2v) is 4.05. The van der Waals surface area contributed by atoms with Crippen LogP contribution in [0.1, 0.15) is 19.0 Å². The Labute approximate surface area is 93.3 Å². The highest BCUT2D eigenvalue weighted by molar-refractivity contribution is 7.07. The maximum Gasteiger partial charge on any atom is 0.251 e. The van der Waals surface area contributed by atoms with Crippen LogP contribution in [0.25, 0.3) is 0 Å². The zero-order chi connectivity index (χ0) is 11.3. The molecule has 1 aromatic rings. The van der Waals surface area contributed by atoms with Gasteiger partial charge >= 0.3 is 0 Å². The van der Waals surface area contributed by atoms with Crippen LogP contribution in [0.2, 0.25) is 0 Å². The lowest BCUT2D eigenvalue weighted by Gasteiger charge is -2.24. The van der Waals surface area contributed by atoms with Crippen molar-refractivity contribution >= 4 is 17.2 Å². The Morgan fingerprint density at radius 1 is 1.80 bits per heavy atom. The van der Waals surface area contributed by atoms with Gasteiger partial charge in [0.1, 0.15) is 0 Å². The van der Waals surface area contributed by atoms with Gasteiger partial charge < -0.3 is 0 Å². The number of carbonyl (C=O) groups is 1. The normalized spacial score (nSPS) is 12.8. The molecule has 0 fully saturated rings. The van der Waals surface area contributed by atoms with Crippen molar-refractivity contribution in [2.24, 2.45) is 5.84 Å². The zero-order valence-corrected chi connectivity index (χ0v) is 9.75. The van der Waals surface area contributed by atoms with Crippen molar-refractivity contribution in [2.75, 3.05) is 7.05 Å². The molecule has 1 atom stereocenters. The number of thiazole rings is 1. The third-order valence-corrected chi connectivity index (χ3v) is 2.89. The summed E-state index contributed by atoms with van der Waals surface area (Å²) in [7, 11) is 1.89. The number of rotatable bonds is 5. The molecule has 15 heavy (non-hydrogen) atoms. The quantitative estimate of drug-likeness (QED) is 0.433. The number of nitrogens with two attached hydrogens (primary N) is 1. The molecule has 6 heteroatoms. The molecule has 0 aromatic carbocycles. The second-order valence-electron chi connectivity index (χ2n) is 3.33. The molecule has 3 N–H and O–H groups in total. The summed E-state index contributed by atoms with van der Waals surface area (Å²) in [6.45, 7) is 2.62. The number of likely N-dealkylation sites (N-methyl/N-ethyl adjacent to an activating group) is 1. The molecule has 0 aliphatic heterocycles. The van der Waals surface area contributed by atoms with E-state index in [4.69, 9.17) is 5.84 Å². The predicted octanol–water partition coefficient (Wildman–Crippen LogP) is 0.343. The van der Waals surface area contributed by atoms with Gasteiger partial charge in [0.25, 0.3) is 5.91 Å². The van der Waals surface area contributed by atoms with Crippen LogP contribution in [0.3, 0.4) is 0 Å². The first-order valence-electron chi connectivity index (χ1n) is 4.76. The van der Waals surface area contributed by atoms with Crippen LogP contribution in [0.15, 0.2) is 10.9 Å². The average Bonchev–Trinajstić information content (AvgIpc) is 2.71. The molecule has 1 heterocycles. The number of hydrogen-bond acceptors (Lipinski definition) is 5. The van der Waals surface area contributed by atoms with Crippen molar-refractivity contribution < 1.29 is 4.79 Å². The van der Waals surface area contributed by atoms with E-state index in [0.717, 1.165) is 12.1 Å². The van der Waals surface area contributed by atoms with Gasteiger partial charge in [0.2, 0.25) is 0 Å². The SMILES string of the molecule is CCC(C(=O)NN)N(C)Cc1cscn1. The molecule has 0 saturated carbocycles. The topological polar surface area (TPSA) is 71.2 Å². The minimum atomic E-state index is -0.198. The zero-order valence-electron chi connectivity index (χ0n) is 8.93. The van der Waals surface area contributed by atoms with Crippen LogP contribution in [-0.2, 0) is 11.3 Å². The van der Waals surface area contributed by atoms with Gasteiger partial charge in [-0.2, -0.15) is 0 Å². The lowest BCUT2D eigenvalue weighted by molar-refractivity contribution is -0.126. The smallest absolute Gasteiger partial charge is 0.251 e. The molecular formula is C9H16N4OS. The van der Waals surface area contributed by atoms with Gasteiger partial charge in [0, 0.05) is 11.9 Å². The summed E-state index contributed by atoms with van der Waals surface area (Å²) in [6, 6.07) is -0.198. The fraction of sp³-hybridized carbons (Fsp3) is 0.556. The van der Waals surface area contributed by atoms with E-state index in [2.05, 4.69) is 10.4 Å². The summed E-state index contributed by atoms with van der Waals surface area (Å²) in [6.07, 6.45) is 0.726. The van der Waals surface area contributed by atoms with Gasteiger partial charge in [-0.25, -0.2) is 10.8 Å².